The van der Waals surface area contributed by atoms with Crippen LogP contribution in [0.3, 0.4) is 0 Å². The van der Waals surface area contributed by atoms with Crippen molar-refractivity contribution in [1.82, 2.24) is 5.32 Å². The van der Waals surface area contributed by atoms with E-state index in [1.165, 1.54) is 6.07 Å². The molecular weight excluding hydrogens is 334 g/mol. The number of methoxy groups -OCH3 is 1. The number of carbonyl (C=O) groups excluding carboxylic acids is 1. The van der Waals surface area contributed by atoms with Crippen molar-refractivity contribution >= 4 is 11.9 Å². The number of amides is 1. The summed E-state index contributed by atoms with van der Waals surface area (Å²) in [5.74, 6) is -0.256. The molecule has 140 valence electrons. The summed E-state index contributed by atoms with van der Waals surface area (Å²) < 4.78 is 10.8. The second kappa shape index (κ2) is 8.56. The van der Waals surface area contributed by atoms with Gasteiger partial charge >= 0.3 is 5.97 Å². The van der Waals surface area contributed by atoms with Crippen molar-refractivity contribution in [2.45, 2.75) is 39.7 Å². The summed E-state index contributed by atoms with van der Waals surface area (Å²) in [6.45, 7) is 5.82. The number of para-hydroxylation sites is 1. The Balaban J connectivity index is 2.19. The quantitative estimate of drug-likeness (QED) is 0.752. The standard InChI is InChI=1S/C20H25NO5/c1-5-16-14(20(23)24)11-18(26-16)19(22)21-15(12(2)3)10-13-8-6-7-9-17(13)25-4/h6-9,11-12,15H,5,10H2,1-4H3,(H,21,22)(H,23,24). The summed E-state index contributed by atoms with van der Waals surface area (Å²) >= 11 is 0. The Morgan fingerprint density at radius 1 is 1.27 bits per heavy atom. The van der Waals surface area contributed by atoms with Gasteiger partial charge in [0.2, 0.25) is 0 Å². The highest BCUT2D eigenvalue weighted by molar-refractivity contribution is 5.96. The molecule has 0 aliphatic heterocycles. The van der Waals surface area contributed by atoms with Gasteiger partial charge in [0.15, 0.2) is 5.76 Å². The second-order valence-electron chi connectivity index (χ2n) is 6.45. The van der Waals surface area contributed by atoms with Crippen LogP contribution in [0.5, 0.6) is 5.75 Å². The fourth-order valence-corrected chi connectivity index (χ4v) is 2.79. The number of aromatic carboxylic acids is 1. The molecule has 1 unspecified atom stereocenters. The summed E-state index contributed by atoms with van der Waals surface area (Å²) in [5, 5.41) is 12.2. The van der Waals surface area contributed by atoms with Crippen molar-refractivity contribution in [1.29, 1.82) is 0 Å². The largest absolute Gasteiger partial charge is 0.496 e. The Morgan fingerprint density at radius 3 is 2.50 bits per heavy atom. The van der Waals surface area contributed by atoms with Gasteiger partial charge in [-0.15, -0.1) is 0 Å². The first-order valence-electron chi connectivity index (χ1n) is 8.66. The van der Waals surface area contributed by atoms with Crippen LogP contribution in [0.25, 0.3) is 0 Å². The summed E-state index contributed by atoms with van der Waals surface area (Å²) in [6.07, 6.45) is 1.00. The van der Waals surface area contributed by atoms with Crippen LogP contribution in [0.1, 0.15) is 53.0 Å². The van der Waals surface area contributed by atoms with Gasteiger partial charge in [0.25, 0.3) is 5.91 Å². The molecule has 1 amide bonds. The molecule has 1 heterocycles. The predicted octanol–water partition coefficient (Wildman–Crippen LogP) is 3.55. The third-order valence-corrected chi connectivity index (χ3v) is 4.34. The van der Waals surface area contributed by atoms with Crippen LogP contribution < -0.4 is 10.1 Å². The van der Waals surface area contributed by atoms with Gasteiger partial charge in [0.05, 0.1) is 7.11 Å². The van der Waals surface area contributed by atoms with Crippen molar-refractivity contribution in [2.75, 3.05) is 7.11 Å². The Bertz CT molecular complexity index is 778. The Morgan fingerprint density at radius 2 is 1.96 bits per heavy atom. The van der Waals surface area contributed by atoms with E-state index in [1.807, 2.05) is 38.1 Å². The van der Waals surface area contributed by atoms with E-state index in [0.717, 1.165) is 11.3 Å². The molecule has 26 heavy (non-hydrogen) atoms. The van der Waals surface area contributed by atoms with E-state index < -0.39 is 11.9 Å². The van der Waals surface area contributed by atoms with E-state index in [2.05, 4.69) is 5.32 Å². The lowest BCUT2D eigenvalue weighted by atomic mass is 9.95. The number of benzene rings is 1. The van der Waals surface area contributed by atoms with E-state index >= 15 is 0 Å². The van der Waals surface area contributed by atoms with Crippen LogP contribution >= 0.6 is 0 Å². The number of furan rings is 1. The zero-order valence-corrected chi connectivity index (χ0v) is 15.5. The summed E-state index contributed by atoms with van der Waals surface area (Å²) in [5.41, 5.74) is 1.03. The molecule has 0 saturated carbocycles. The number of carbonyl (C=O) groups is 2. The van der Waals surface area contributed by atoms with Gasteiger partial charge in [-0.3, -0.25) is 4.79 Å². The molecule has 0 saturated heterocycles. The third-order valence-electron chi connectivity index (χ3n) is 4.34. The van der Waals surface area contributed by atoms with Gasteiger partial charge in [-0.1, -0.05) is 39.0 Å². The van der Waals surface area contributed by atoms with Gasteiger partial charge in [-0.05, 0) is 24.0 Å². The van der Waals surface area contributed by atoms with Crippen LogP contribution in [0, 0.1) is 5.92 Å². The highest BCUT2D eigenvalue weighted by Gasteiger charge is 2.24. The molecule has 0 bridgehead atoms. The van der Waals surface area contributed by atoms with Gasteiger partial charge in [0, 0.05) is 18.5 Å². The predicted molar refractivity (Wildman–Crippen MR) is 97.8 cm³/mol. The number of rotatable bonds is 8. The molecule has 0 fully saturated rings. The molecule has 0 spiro atoms. The average Bonchev–Trinajstić information content (AvgIpc) is 3.06. The average molecular weight is 359 g/mol. The van der Waals surface area contributed by atoms with Crippen molar-refractivity contribution < 1.29 is 23.8 Å². The molecule has 0 aliphatic rings. The lowest BCUT2D eigenvalue weighted by Crippen LogP contribution is -2.40. The Kier molecular flexibility index (Phi) is 6.44. The molecule has 2 rings (SSSR count). The van der Waals surface area contributed by atoms with E-state index in [0.29, 0.717) is 18.6 Å². The molecule has 1 aromatic carbocycles. The van der Waals surface area contributed by atoms with Crippen LogP contribution in [-0.4, -0.2) is 30.1 Å². The molecule has 1 atom stereocenters. The fourth-order valence-electron chi connectivity index (χ4n) is 2.79. The van der Waals surface area contributed by atoms with Gasteiger partial charge in [-0.25, -0.2) is 4.79 Å². The van der Waals surface area contributed by atoms with Crippen molar-refractivity contribution in [2.24, 2.45) is 5.92 Å². The minimum absolute atomic E-state index is 0.0185. The molecule has 6 nitrogen and oxygen atoms in total. The summed E-state index contributed by atoms with van der Waals surface area (Å²) in [6, 6.07) is 8.81. The molecule has 0 radical (unpaired) electrons. The van der Waals surface area contributed by atoms with Gasteiger partial charge in [-0.2, -0.15) is 0 Å². The lowest BCUT2D eigenvalue weighted by Gasteiger charge is -2.23. The van der Waals surface area contributed by atoms with Crippen molar-refractivity contribution in [3.63, 3.8) is 0 Å². The summed E-state index contributed by atoms with van der Waals surface area (Å²) in [7, 11) is 1.62. The zero-order valence-electron chi connectivity index (χ0n) is 15.5. The highest BCUT2D eigenvalue weighted by Crippen LogP contribution is 2.22. The molecular formula is C20H25NO5. The van der Waals surface area contributed by atoms with E-state index in [1.54, 1.807) is 14.0 Å². The monoisotopic (exact) mass is 359 g/mol. The number of hydrogen-bond donors (Lipinski definition) is 2. The molecule has 1 aromatic heterocycles. The number of hydrogen-bond acceptors (Lipinski definition) is 4. The van der Waals surface area contributed by atoms with Crippen molar-refractivity contribution in [3.05, 3.63) is 53.0 Å². The van der Waals surface area contributed by atoms with Crippen LogP contribution in [0.4, 0.5) is 0 Å². The van der Waals surface area contributed by atoms with E-state index in [-0.39, 0.29) is 23.3 Å². The minimum atomic E-state index is -1.10. The molecule has 6 heteroatoms. The number of carboxylic acids is 1. The number of ether oxygens (including phenoxy) is 1. The lowest BCUT2D eigenvalue weighted by molar-refractivity contribution is 0.0694. The van der Waals surface area contributed by atoms with Gasteiger partial charge in [0.1, 0.15) is 17.1 Å². The third kappa shape index (κ3) is 4.45. The Labute approximate surface area is 153 Å². The maximum absolute atomic E-state index is 12.6. The van der Waals surface area contributed by atoms with Crippen LogP contribution in [0.15, 0.2) is 34.7 Å². The maximum Gasteiger partial charge on any atom is 0.339 e. The first kappa shape index (κ1) is 19.6. The minimum Gasteiger partial charge on any atom is -0.496 e. The zero-order chi connectivity index (χ0) is 19.3. The maximum atomic E-state index is 12.6. The van der Waals surface area contributed by atoms with E-state index in [4.69, 9.17) is 9.15 Å². The normalized spacial score (nSPS) is 12.0. The first-order valence-corrected chi connectivity index (χ1v) is 8.66. The number of nitrogens with one attached hydrogen (secondary N) is 1. The number of aryl methyl sites for hydroxylation is 1. The first-order chi connectivity index (χ1) is 12.4. The van der Waals surface area contributed by atoms with Gasteiger partial charge < -0.3 is 19.6 Å². The molecule has 2 N–H and O–H groups in total. The molecule has 2 aromatic rings. The fraction of sp³-hybridized carbons (Fsp3) is 0.400. The topological polar surface area (TPSA) is 88.8 Å². The smallest absolute Gasteiger partial charge is 0.339 e. The summed E-state index contributed by atoms with van der Waals surface area (Å²) in [4.78, 5) is 23.8. The van der Waals surface area contributed by atoms with E-state index in [9.17, 15) is 14.7 Å². The van der Waals surface area contributed by atoms with Crippen molar-refractivity contribution in [3.8, 4) is 5.75 Å². The number of carboxylic acid groups (broad SMARTS) is 1. The highest BCUT2D eigenvalue weighted by atomic mass is 16.5. The Hall–Kier alpha value is -2.76. The van der Waals surface area contributed by atoms with Crippen LogP contribution in [0.2, 0.25) is 0 Å². The SMILES string of the molecule is CCc1oc(C(=O)NC(Cc2ccccc2OC)C(C)C)cc1C(=O)O. The molecule has 0 aliphatic carbocycles. The van der Waals surface area contributed by atoms with Crippen LogP contribution in [-0.2, 0) is 12.8 Å². The second-order valence-corrected chi connectivity index (χ2v) is 6.45.